The Balaban J connectivity index is 1.63. The fraction of sp³-hybridized carbons (Fsp3) is 0.136. The van der Waals surface area contributed by atoms with Crippen LogP contribution in [-0.4, -0.2) is 14.3 Å². The van der Waals surface area contributed by atoms with Gasteiger partial charge in [-0.1, -0.05) is 60.7 Å². The Morgan fingerprint density at radius 3 is 2.04 bits per heavy atom. The van der Waals surface area contributed by atoms with Crippen molar-refractivity contribution in [3.05, 3.63) is 96.1 Å². The number of carbonyl (C=O) groups excluding carboxylic acids is 1. The normalized spacial score (nSPS) is 12.3. The molecule has 1 atom stereocenters. The standard InChI is InChI=1S/C22H22N2O3S/c1-17(19-10-6-3-7-11-19)22(25)24-20-12-14-21(15-13-20)28(26,27)23-16-18-8-4-2-5-9-18/h2-15,17,23H,16H2,1H3,(H,24,25)/t17-/m0/s1. The lowest BCUT2D eigenvalue weighted by molar-refractivity contribution is -0.117. The summed E-state index contributed by atoms with van der Waals surface area (Å²) in [4.78, 5) is 12.6. The summed E-state index contributed by atoms with van der Waals surface area (Å²) in [6.07, 6.45) is 0. The Hall–Kier alpha value is -2.96. The predicted molar refractivity (Wildman–Crippen MR) is 110 cm³/mol. The summed E-state index contributed by atoms with van der Waals surface area (Å²) in [5.74, 6) is -0.457. The molecule has 3 aromatic carbocycles. The molecule has 0 unspecified atom stereocenters. The lowest BCUT2D eigenvalue weighted by atomic mass is 10.0. The van der Waals surface area contributed by atoms with Gasteiger partial charge in [-0.05, 0) is 42.3 Å². The second-order valence-corrected chi connectivity index (χ2v) is 8.22. The molecule has 0 bridgehead atoms. The SMILES string of the molecule is C[C@H](C(=O)Nc1ccc(S(=O)(=O)NCc2ccccc2)cc1)c1ccccc1. The minimum Gasteiger partial charge on any atom is -0.326 e. The number of nitrogens with one attached hydrogen (secondary N) is 2. The molecule has 3 rings (SSSR count). The molecule has 1 amide bonds. The first-order chi connectivity index (χ1) is 13.5. The van der Waals surface area contributed by atoms with Crippen molar-refractivity contribution < 1.29 is 13.2 Å². The fourth-order valence-electron chi connectivity index (χ4n) is 2.72. The molecule has 0 aliphatic carbocycles. The van der Waals surface area contributed by atoms with Crippen LogP contribution in [0.3, 0.4) is 0 Å². The fourth-order valence-corrected chi connectivity index (χ4v) is 3.74. The van der Waals surface area contributed by atoms with Gasteiger partial charge < -0.3 is 5.32 Å². The van der Waals surface area contributed by atoms with Crippen molar-refractivity contribution in [1.29, 1.82) is 0 Å². The van der Waals surface area contributed by atoms with Gasteiger partial charge in [0, 0.05) is 12.2 Å². The van der Waals surface area contributed by atoms with Crippen molar-refractivity contribution in [3.63, 3.8) is 0 Å². The van der Waals surface area contributed by atoms with Gasteiger partial charge in [0.2, 0.25) is 15.9 Å². The van der Waals surface area contributed by atoms with Crippen LogP contribution in [0.25, 0.3) is 0 Å². The first kappa shape index (κ1) is 19.8. The maximum Gasteiger partial charge on any atom is 0.240 e. The van der Waals surface area contributed by atoms with E-state index in [0.29, 0.717) is 5.69 Å². The van der Waals surface area contributed by atoms with Gasteiger partial charge in [-0.25, -0.2) is 13.1 Å². The van der Waals surface area contributed by atoms with Gasteiger partial charge in [-0.3, -0.25) is 4.79 Å². The molecule has 28 heavy (non-hydrogen) atoms. The molecule has 0 heterocycles. The number of sulfonamides is 1. The third kappa shape index (κ3) is 5.06. The Labute approximate surface area is 165 Å². The summed E-state index contributed by atoms with van der Waals surface area (Å²) in [5, 5.41) is 2.82. The van der Waals surface area contributed by atoms with Crippen molar-refractivity contribution in [3.8, 4) is 0 Å². The average Bonchev–Trinajstić information content (AvgIpc) is 2.73. The van der Waals surface area contributed by atoms with Gasteiger partial charge in [0.1, 0.15) is 0 Å². The molecule has 3 aromatic rings. The van der Waals surface area contributed by atoms with Crippen LogP contribution in [0.4, 0.5) is 5.69 Å². The molecule has 0 spiro atoms. The molecule has 5 nitrogen and oxygen atoms in total. The minimum atomic E-state index is -3.63. The van der Waals surface area contributed by atoms with Crippen LogP contribution in [0.5, 0.6) is 0 Å². The van der Waals surface area contributed by atoms with E-state index in [1.54, 1.807) is 12.1 Å². The van der Waals surface area contributed by atoms with E-state index >= 15 is 0 Å². The van der Waals surface area contributed by atoms with Gasteiger partial charge in [0.15, 0.2) is 0 Å². The third-order valence-electron chi connectivity index (χ3n) is 4.43. The highest BCUT2D eigenvalue weighted by molar-refractivity contribution is 7.89. The number of hydrogen-bond acceptors (Lipinski definition) is 3. The molecule has 144 valence electrons. The lowest BCUT2D eigenvalue weighted by Crippen LogP contribution is -2.23. The molecular formula is C22H22N2O3S. The second kappa shape index (κ2) is 8.82. The average molecular weight is 394 g/mol. The summed E-state index contributed by atoms with van der Waals surface area (Å²) in [6.45, 7) is 2.05. The number of rotatable bonds is 7. The topological polar surface area (TPSA) is 75.3 Å². The molecule has 0 aromatic heterocycles. The van der Waals surface area contributed by atoms with E-state index in [0.717, 1.165) is 11.1 Å². The Kier molecular flexibility index (Phi) is 6.23. The van der Waals surface area contributed by atoms with Crippen LogP contribution < -0.4 is 10.0 Å². The predicted octanol–water partition coefficient (Wildman–Crippen LogP) is 3.91. The maximum absolute atomic E-state index is 12.4. The van der Waals surface area contributed by atoms with Crippen molar-refractivity contribution in [2.75, 3.05) is 5.32 Å². The summed E-state index contributed by atoms with van der Waals surface area (Å²) < 4.78 is 27.4. The first-order valence-corrected chi connectivity index (χ1v) is 10.4. The largest absolute Gasteiger partial charge is 0.326 e. The Morgan fingerprint density at radius 1 is 0.857 bits per heavy atom. The highest BCUT2D eigenvalue weighted by Gasteiger charge is 2.16. The summed E-state index contributed by atoms with van der Waals surface area (Å²) in [6, 6.07) is 24.9. The number of amides is 1. The van der Waals surface area contributed by atoms with Gasteiger partial charge in [-0.2, -0.15) is 0 Å². The molecule has 0 aliphatic rings. The van der Waals surface area contributed by atoms with Crippen molar-refractivity contribution in [2.24, 2.45) is 0 Å². The zero-order valence-corrected chi connectivity index (χ0v) is 16.3. The summed E-state index contributed by atoms with van der Waals surface area (Å²) in [5.41, 5.74) is 2.35. The van der Waals surface area contributed by atoms with Crippen LogP contribution >= 0.6 is 0 Å². The van der Waals surface area contributed by atoms with Crippen LogP contribution in [0.15, 0.2) is 89.8 Å². The quantitative estimate of drug-likeness (QED) is 0.638. The smallest absolute Gasteiger partial charge is 0.240 e. The lowest BCUT2D eigenvalue weighted by Gasteiger charge is -2.13. The van der Waals surface area contributed by atoms with Gasteiger partial charge in [0.25, 0.3) is 0 Å². The maximum atomic E-state index is 12.4. The molecule has 0 radical (unpaired) electrons. The van der Waals surface area contributed by atoms with Crippen molar-refractivity contribution >= 4 is 21.6 Å². The molecule has 0 saturated heterocycles. The van der Waals surface area contributed by atoms with Crippen LogP contribution in [0.2, 0.25) is 0 Å². The van der Waals surface area contributed by atoms with E-state index in [-0.39, 0.29) is 23.3 Å². The van der Waals surface area contributed by atoms with E-state index in [2.05, 4.69) is 10.0 Å². The van der Waals surface area contributed by atoms with Crippen LogP contribution in [0.1, 0.15) is 24.0 Å². The number of hydrogen-bond donors (Lipinski definition) is 2. The number of anilines is 1. The van der Waals surface area contributed by atoms with E-state index in [4.69, 9.17) is 0 Å². The molecule has 2 N–H and O–H groups in total. The van der Waals surface area contributed by atoms with E-state index in [1.165, 1.54) is 12.1 Å². The van der Waals surface area contributed by atoms with Gasteiger partial charge >= 0.3 is 0 Å². The molecule has 0 aliphatic heterocycles. The van der Waals surface area contributed by atoms with E-state index < -0.39 is 10.0 Å². The van der Waals surface area contributed by atoms with Crippen molar-refractivity contribution in [1.82, 2.24) is 4.72 Å². The zero-order valence-electron chi connectivity index (χ0n) is 15.5. The first-order valence-electron chi connectivity index (χ1n) is 8.95. The number of carbonyl (C=O) groups is 1. The highest BCUT2D eigenvalue weighted by atomic mass is 32.2. The molecular weight excluding hydrogens is 372 g/mol. The zero-order chi connectivity index (χ0) is 20.0. The van der Waals surface area contributed by atoms with E-state index in [1.807, 2.05) is 67.6 Å². The second-order valence-electron chi connectivity index (χ2n) is 6.46. The van der Waals surface area contributed by atoms with Gasteiger partial charge in [0.05, 0.1) is 10.8 Å². The van der Waals surface area contributed by atoms with Crippen LogP contribution in [0, 0.1) is 0 Å². The minimum absolute atomic E-state index is 0.149. The van der Waals surface area contributed by atoms with E-state index in [9.17, 15) is 13.2 Å². The molecule has 6 heteroatoms. The van der Waals surface area contributed by atoms with Crippen LogP contribution in [-0.2, 0) is 21.4 Å². The summed E-state index contributed by atoms with van der Waals surface area (Å²) in [7, 11) is -3.63. The summed E-state index contributed by atoms with van der Waals surface area (Å²) >= 11 is 0. The third-order valence-corrected chi connectivity index (χ3v) is 5.85. The number of benzene rings is 3. The molecule has 0 saturated carbocycles. The Bertz CT molecular complexity index is 1020. The van der Waals surface area contributed by atoms with Crippen molar-refractivity contribution in [2.45, 2.75) is 24.3 Å². The molecule has 0 fully saturated rings. The monoisotopic (exact) mass is 394 g/mol. The highest BCUT2D eigenvalue weighted by Crippen LogP contribution is 2.19. The Morgan fingerprint density at radius 2 is 1.43 bits per heavy atom. The van der Waals surface area contributed by atoms with Gasteiger partial charge in [-0.15, -0.1) is 0 Å².